The number of carboxylic acids is 1. The van der Waals surface area contributed by atoms with Crippen molar-refractivity contribution in [1.82, 2.24) is 25.9 Å². The third kappa shape index (κ3) is 8.87. The minimum Gasteiger partial charge on any atom is -0.488 e. The van der Waals surface area contributed by atoms with Gasteiger partial charge in [-0.25, -0.2) is 9.78 Å². The fourth-order valence-corrected chi connectivity index (χ4v) is 5.07. The summed E-state index contributed by atoms with van der Waals surface area (Å²) in [6, 6.07) is 21.3. The maximum absolute atomic E-state index is 13.4. The third-order valence-corrected chi connectivity index (χ3v) is 7.32. The zero-order chi connectivity index (χ0) is 34.3. The van der Waals surface area contributed by atoms with Crippen LogP contribution in [0.25, 0.3) is 22.4 Å². The molecule has 0 spiro atoms. The number of carboxylic acid groups (broad SMARTS) is 1. The van der Waals surface area contributed by atoms with Gasteiger partial charge in [0.2, 0.25) is 17.7 Å². The Morgan fingerprint density at radius 1 is 0.896 bits per heavy atom. The van der Waals surface area contributed by atoms with E-state index < -0.39 is 47.9 Å². The fourth-order valence-electron chi connectivity index (χ4n) is 5.07. The zero-order valence-electron chi connectivity index (χ0n) is 26.8. The van der Waals surface area contributed by atoms with Crippen LogP contribution in [-0.4, -0.2) is 63.0 Å². The van der Waals surface area contributed by atoms with E-state index in [1.165, 1.54) is 6.26 Å². The number of rotatable bonds is 13. The molecule has 3 aromatic carbocycles. The van der Waals surface area contributed by atoms with Crippen LogP contribution in [0.2, 0.25) is 0 Å². The maximum Gasteiger partial charge on any atom is 0.326 e. The number of hydrogen-bond donors (Lipinski definition) is 5. The number of hydrogen-bond acceptors (Lipinski definition) is 7. The third-order valence-electron chi connectivity index (χ3n) is 7.32. The summed E-state index contributed by atoms with van der Waals surface area (Å²) in [6.45, 7) is 5.28. The Labute approximate surface area is 276 Å². The normalized spacial score (nSPS) is 12.6. The minimum atomic E-state index is -1.23. The van der Waals surface area contributed by atoms with Gasteiger partial charge in [-0.1, -0.05) is 48.5 Å². The summed E-state index contributed by atoms with van der Waals surface area (Å²) in [6.07, 6.45) is 3.03. The largest absolute Gasteiger partial charge is 0.488 e. The van der Waals surface area contributed by atoms with Gasteiger partial charge in [0, 0.05) is 35.5 Å². The standard InChI is InChI=1S/C36H37N5O7/c1-36(2,3)48-25-15-13-22(14-16-25)17-28(40-33(44)30-21-47-34(41-30)23-9-5-4-6-10-23)32(43)38-20-31(42)39-29(35(45)46)18-24-19-37-27-12-8-7-11-26(24)27/h4-16,19,21,28-29,37H,17-18,20H2,1-3H3,(H,38,43)(H,39,42)(H,40,44)(H,45,46)/t28-,29-/m0/s1. The van der Waals surface area contributed by atoms with Gasteiger partial charge in [-0.2, -0.15) is 0 Å². The van der Waals surface area contributed by atoms with E-state index in [1.807, 2.05) is 63.2 Å². The van der Waals surface area contributed by atoms with Crippen molar-refractivity contribution in [1.29, 1.82) is 0 Å². The summed E-state index contributed by atoms with van der Waals surface area (Å²) in [5.41, 5.74) is 2.55. The number of amides is 3. The van der Waals surface area contributed by atoms with E-state index in [9.17, 15) is 24.3 Å². The quantitative estimate of drug-likeness (QED) is 0.125. The zero-order valence-corrected chi connectivity index (χ0v) is 26.8. The average Bonchev–Trinajstić information content (AvgIpc) is 3.72. The second-order valence-corrected chi connectivity index (χ2v) is 12.2. The number of aromatic amines is 1. The molecule has 2 atom stereocenters. The van der Waals surface area contributed by atoms with E-state index in [1.54, 1.807) is 42.6 Å². The molecule has 0 saturated carbocycles. The van der Waals surface area contributed by atoms with Crippen molar-refractivity contribution in [3.63, 3.8) is 0 Å². The number of fused-ring (bicyclic) bond motifs is 1. The van der Waals surface area contributed by atoms with E-state index in [2.05, 4.69) is 25.9 Å². The van der Waals surface area contributed by atoms with Gasteiger partial charge in [0.15, 0.2) is 5.69 Å². The second kappa shape index (κ2) is 14.7. The van der Waals surface area contributed by atoms with E-state index in [4.69, 9.17) is 9.15 Å². The van der Waals surface area contributed by atoms with Crippen LogP contribution >= 0.6 is 0 Å². The van der Waals surface area contributed by atoms with Crippen molar-refractivity contribution in [3.05, 3.63) is 108 Å². The number of carbonyl (C=O) groups is 4. The molecule has 12 nitrogen and oxygen atoms in total. The molecule has 0 radical (unpaired) electrons. The highest BCUT2D eigenvalue weighted by atomic mass is 16.5. The van der Waals surface area contributed by atoms with E-state index >= 15 is 0 Å². The second-order valence-electron chi connectivity index (χ2n) is 12.2. The van der Waals surface area contributed by atoms with E-state index in [-0.39, 0.29) is 24.4 Å². The SMILES string of the molecule is CC(C)(C)Oc1ccc(C[C@H](NC(=O)c2coc(-c3ccccc3)n2)C(=O)NCC(=O)N[C@@H](Cc2c[nH]c3ccccc23)C(=O)O)cc1. The molecule has 3 amide bonds. The van der Waals surface area contributed by atoms with Crippen molar-refractivity contribution in [2.45, 2.75) is 51.3 Å². The fraction of sp³-hybridized carbons (Fsp3) is 0.250. The lowest BCUT2D eigenvalue weighted by Crippen LogP contribution is -2.51. The molecule has 2 heterocycles. The number of aliphatic carboxylic acids is 1. The van der Waals surface area contributed by atoms with Crippen LogP contribution in [-0.2, 0) is 27.2 Å². The first-order valence-corrected chi connectivity index (χ1v) is 15.4. The number of nitrogens with zero attached hydrogens (tertiary/aromatic N) is 1. The molecule has 5 N–H and O–H groups in total. The van der Waals surface area contributed by atoms with Crippen molar-refractivity contribution >= 4 is 34.6 Å². The molecule has 5 aromatic rings. The number of para-hydroxylation sites is 1. The number of oxazole rings is 1. The number of carbonyl (C=O) groups excluding carboxylic acids is 3. The highest BCUT2D eigenvalue weighted by molar-refractivity contribution is 5.97. The highest BCUT2D eigenvalue weighted by Gasteiger charge is 2.26. The molecule has 0 aliphatic heterocycles. The number of nitrogens with one attached hydrogen (secondary N) is 4. The van der Waals surface area contributed by atoms with Gasteiger partial charge in [0.05, 0.1) is 6.54 Å². The van der Waals surface area contributed by atoms with Crippen LogP contribution in [0.15, 0.2) is 95.7 Å². The predicted molar refractivity (Wildman–Crippen MR) is 178 cm³/mol. The van der Waals surface area contributed by atoms with Crippen molar-refractivity contribution in [2.24, 2.45) is 0 Å². The lowest BCUT2D eigenvalue weighted by molar-refractivity contribution is -0.141. The number of H-pyrrole nitrogens is 1. The van der Waals surface area contributed by atoms with Crippen LogP contribution in [0.5, 0.6) is 5.75 Å². The Kier molecular flexibility index (Phi) is 10.2. The van der Waals surface area contributed by atoms with Crippen molar-refractivity contribution < 1.29 is 33.4 Å². The topological polar surface area (TPSA) is 176 Å². The van der Waals surface area contributed by atoms with Crippen LogP contribution in [0.4, 0.5) is 0 Å². The summed E-state index contributed by atoms with van der Waals surface area (Å²) in [4.78, 5) is 58.9. The van der Waals surface area contributed by atoms with Crippen LogP contribution < -0.4 is 20.7 Å². The summed E-state index contributed by atoms with van der Waals surface area (Å²) < 4.78 is 11.4. The first kappa shape index (κ1) is 33.5. The van der Waals surface area contributed by atoms with Gasteiger partial charge < -0.3 is 35.2 Å². The van der Waals surface area contributed by atoms with Gasteiger partial charge in [0.25, 0.3) is 5.91 Å². The molecule has 248 valence electrons. The molecule has 0 aliphatic rings. The van der Waals surface area contributed by atoms with Crippen molar-refractivity contribution in [2.75, 3.05) is 6.54 Å². The summed E-state index contributed by atoms with van der Waals surface area (Å²) in [5.74, 6) is -2.33. The molecule has 12 heteroatoms. The summed E-state index contributed by atoms with van der Waals surface area (Å²) >= 11 is 0. The van der Waals surface area contributed by atoms with Crippen LogP contribution in [0, 0.1) is 0 Å². The van der Waals surface area contributed by atoms with Crippen LogP contribution in [0.3, 0.4) is 0 Å². The molecular formula is C36H37N5O7. The number of ether oxygens (including phenoxy) is 1. The van der Waals surface area contributed by atoms with Gasteiger partial charge in [0.1, 0.15) is 29.7 Å². The minimum absolute atomic E-state index is 0.0279. The average molecular weight is 652 g/mol. The molecule has 0 bridgehead atoms. The highest BCUT2D eigenvalue weighted by Crippen LogP contribution is 2.21. The first-order valence-electron chi connectivity index (χ1n) is 15.4. The summed E-state index contributed by atoms with van der Waals surface area (Å²) in [5, 5.41) is 18.4. The first-order chi connectivity index (χ1) is 22.9. The van der Waals surface area contributed by atoms with Gasteiger partial charge in [-0.15, -0.1) is 0 Å². The van der Waals surface area contributed by atoms with E-state index in [0.29, 0.717) is 11.3 Å². The van der Waals surface area contributed by atoms with Crippen LogP contribution in [0.1, 0.15) is 42.4 Å². The molecule has 0 aliphatic carbocycles. The molecule has 48 heavy (non-hydrogen) atoms. The monoisotopic (exact) mass is 651 g/mol. The Hall–Kier alpha value is -5.91. The Morgan fingerprint density at radius 3 is 2.31 bits per heavy atom. The Bertz CT molecular complexity index is 1890. The number of benzene rings is 3. The van der Waals surface area contributed by atoms with Gasteiger partial charge in [-0.05, 0) is 62.2 Å². The molecule has 2 aromatic heterocycles. The maximum atomic E-state index is 13.4. The molecule has 0 unspecified atom stereocenters. The molecule has 0 fully saturated rings. The molecule has 5 rings (SSSR count). The lowest BCUT2D eigenvalue weighted by atomic mass is 10.0. The molecule has 0 saturated heterocycles. The van der Waals surface area contributed by atoms with E-state index in [0.717, 1.165) is 22.0 Å². The van der Waals surface area contributed by atoms with Crippen molar-refractivity contribution in [3.8, 4) is 17.2 Å². The Morgan fingerprint density at radius 2 is 1.60 bits per heavy atom. The molecular weight excluding hydrogens is 614 g/mol. The Balaban J connectivity index is 1.26. The van der Waals surface area contributed by atoms with Gasteiger partial charge >= 0.3 is 5.97 Å². The smallest absolute Gasteiger partial charge is 0.326 e. The van der Waals surface area contributed by atoms with Gasteiger partial charge in [-0.3, -0.25) is 14.4 Å². The number of aromatic nitrogens is 2. The lowest BCUT2D eigenvalue weighted by Gasteiger charge is -2.22. The predicted octanol–water partition coefficient (Wildman–Crippen LogP) is 4.27. The summed E-state index contributed by atoms with van der Waals surface area (Å²) in [7, 11) is 0.